The van der Waals surface area contributed by atoms with Crippen molar-refractivity contribution >= 4 is 0 Å². The number of hydrogen-bond acceptors (Lipinski definition) is 3. The molecule has 2 aromatic carbocycles. The van der Waals surface area contributed by atoms with Crippen LogP contribution in [0.15, 0.2) is 60.8 Å². The lowest BCUT2D eigenvalue weighted by Crippen LogP contribution is -1.95. The molecular formula is C17H13N3O. The standard InChI is InChI=1S/C17H13N3O/c1-21-16-7-5-15(6-8-16)20-10-9-17(19-20)14-4-2-3-13(11-14)12-18/h2-11H,1H3. The average Bonchev–Trinajstić information content (AvgIpc) is 3.05. The predicted molar refractivity (Wildman–Crippen MR) is 80.3 cm³/mol. The third-order valence-electron chi connectivity index (χ3n) is 3.21. The van der Waals surface area contributed by atoms with Crippen molar-refractivity contribution in [2.45, 2.75) is 0 Å². The second-order valence-electron chi connectivity index (χ2n) is 4.54. The third kappa shape index (κ3) is 2.63. The lowest BCUT2D eigenvalue weighted by molar-refractivity contribution is 0.414. The van der Waals surface area contributed by atoms with Gasteiger partial charge in [0.05, 0.1) is 30.1 Å². The average molecular weight is 275 g/mol. The van der Waals surface area contributed by atoms with E-state index in [0.29, 0.717) is 5.56 Å². The molecule has 0 saturated heterocycles. The molecule has 21 heavy (non-hydrogen) atoms. The summed E-state index contributed by atoms with van der Waals surface area (Å²) in [4.78, 5) is 0. The quantitative estimate of drug-likeness (QED) is 0.736. The molecule has 0 spiro atoms. The SMILES string of the molecule is COc1ccc(-n2ccc(-c3cccc(C#N)c3)n2)cc1. The summed E-state index contributed by atoms with van der Waals surface area (Å²) in [6.45, 7) is 0. The lowest BCUT2D eigenvalue weighted by Gasteiger charge is -2.03. The van der Waals surface area contributed by atoms with Gasteiger partial charge in [-0.3, -0.25) is 0 Å². The van der Waals surface area contributed by atoms with E-state index in [1.807, 2.05) is 54.7 Å². The van der Waals surface area contributed by atoms with Crippen LogP contribution in [0, 0.1) is 11.3 Å². The van der Waals surface area contributed by atoms with Gasteiger partial charge in [-0.05, 0) is 42.5 Å². The van der Waals surface area contributed by atoms with E-state index in [1.165, 1.54) is 0 Å². The minimum atomic E-state index is 0.631. The van der Waals surface area contributed by atoms with Gasteiger partial charge in [-0.2, -0.15) is 10.4 Å². The number of rotatable bonds is 3. The molecule has 0 radical (unpaired) electrons. The van der Waals surface area contributed by atoms with E-state index in [-0.39, 0.29) is 0 Å². The van der Waals surface area contributed by atoms with Crippen molar-refractivity contribution in [2.24, 2.45) is 0 Å². The normalized spacial score (nSPS) is 10.1. The number of nitriles is 1. The van der Waals surface area contributed by atoms with E-state index in [0.717, 1.165) is 22.7 Å². The summed E-state index contributed by atoms with van der Waals surface area (Å²) >= 11 is 0. The number of hydrogen-bond donors (Lipinski definition) is 0. The number of methoxy groups -OCH3 is 1. The molecule has 0 aliphatic rings. The van der Waals surface area contributed by atoms with E-state index in [9.17, 15) is 0 Å². The summed E-state index contributed by atoms with van der Waals surface area (Å²) in [7, 11) is 1.64. The van der Waals surface area contributed by atoms with Gasteiger partial charge in [-0.1, -0.05) is 12.1 Å². The molecule has 102 valence electrons. The van der Waals surface area contributed by atoms with Gasteiger partial charge in [0.2, 0.25) is 0 Å². The molecule has 0 saturated carbocycles. The van der Waals surface area contributed by atoms with Crippen LogP contribution in [-0.4, -0.2) is 16.9 Å². The van der Waals surface area contributed by atoms with Gasteiger partial charge in [0.25, 0.3) is 0 Å². The van der Waals surface area contributed by atoms with Crippen LogP contribution in [0.1, 0.15) is 5.56 Å². The molecule has 0 bridgehead atoms. The van der Waals surface area contributed by atoms with E-state index in [1.54, 1.807) is 17.9 Å². The van der Waals surface area contributed by atoms with Crippen LogP contribution in [0.5, 0.6) is 5.75 Å². The summed E-state index contributed by atoms with van der Waals surface area (Å²) < 4.78 is 6.94. The molecular weight excluding hydrogens is 262 g/mol. The van der Waals surface area contributed by atoms with Crippen molar-refractivity contribution in [3.63, 3.8) is 0 Å². The maximum atomic E-state index is 8.95. The molecule has 0 unspecified atom stereocenters. The third-order valence-corrected chi connectivity index (χ3v) is 3.21. The van der Waals surface area contributed by atoms with E-state index in [2.05, 4.69) is 11.2 Å². The number of nitrogens with zero attached hydrogens (tertiary/aromatic N) is 3. The number of ether oxygens (including phenoxy) is 1. The highest BCUT2D eigenvalue weighted by molar-refractivity contribution is 5.61. The number of benzene rings is 2. The van der Waals surface area contributed by atoms with Crippen molar-refractivity contribution in [3.8, 4) is 28.8 Å². The molecule has 0 aliphatic carbocycles. The highest BCUT2D eigenvalue weighted by Crippen LogP contribution is 2.20. The Labute approximate surface area is 122 Å². The minimum Gasteiger partial charge on any atom is -0.497 e. The van der Waals surface area contributed by atoms with Crippen molar-refractivity contribution in [2.75, 3.05) is 7.11 Å². The second kappa shape index (κ2) is 5.51. The highest BCUT2D eigenvalue weighted by Gasteiger charge is 2.05. The Morgan fingerprint density at radius 1 is 1.10 bits per heavy atom. The first-order chi connectivity index (χ1) is 10.3. The Hall–Kier alpha value is -3.06. The molecule has 0 atom stereocenters. The molecule has 3 rings (SSSR count). The van der Waals surface area contributed by atoms with Gasteiger partial charge in [0, 0.05) is 11.8 Å². The van der Waals surface area contributed by atoms with Crippen LogP contribution in [0.2, 0.25) is 0 Å². The summed E-state index contributed by atoms with van der Waals surface area (Å²) in [5, 5.41) is 13.5. The van der Waals surface area contributed by atoms with Gasteiger partial charge < -0.3 is 4.74 Å². The predicted octanol–water partition coefficient (Wildman–Crippen LogP) is 3.42. The molecule has 1 aromatic heterocycles. The Bertz CT molecular complexity index is 797. The van der Waals surface area contributed by atoms with Crippen LogP contribution >= 0.6 is 0 Å². The fourth-order valence-corrected chi connectivity index (χ4v) is 2.10. The first kappa shape index (κ1) is 12.9. The zero-order valence-electron chi connectivity index (χ0n) is 11.5. The van der Waals surface area contributed by atoms with Gasteiger partial charge >= 0.3 is 0 Å². The first-order valence-corrected chi connectivity index (χ1v) is 6.51. The van der Waals surface area contributed by atoms with Crippen LogP contribution in [0.4, 0.5) is 0 Å². The fraction of sp³-hybridized carbons (Fsp3) is 0.0588. The molecule has 4 nitrogen and oxygen atoms in total. The van der Waals surface area contributed by atoms with Gasteiger partial charge in [0.1, 0.15) is 5.75 Å². The molecule has 0 amide bonds. The van der Waals surface area contributed by atoms with Gasteiger partial charge in [-0.25, -0.2) is 4.68 Å². The maximum Gasteiger partial charge on any atom is 0.119 e. The van der Waals surface area contributed by atoms with E-state index in [4.69, 9.17) is 10.00 Å². The molecule has 0 aliphatic heterocycles. The van der Waals surface area contributed by atoms with Crippen molar-refractivity contribution < 1.29 is 4.74 Å². The molecule has 0 fully saturated rings. The summed E-state index contributed by atoms with van der Waals surface area (Å²) in [6, 6.07) is 19.2. The zero-order valence-corrected chi connectivity index (χ0v) is 11.5. The Kier molecular flexibility index (Phi) is 3.40. The highest BCUT2D eigenvalue weighted by atomic mass is 16.5. The van der Waals surface area contributed by atoms with E-state index < -0.39 is 0 Å². The monoisotopic (exact) mass is 275 g/mol. The maximum absolute atomic E-state index is 8.95. The number of aromatic nitrogens is 2. The van der Waals surface area contributed by atoms with Crippen LogP contribution in [0.3, 0.4) is 0 Å². The summed E-state index contributed by atoms with van der Waals surface area (Å²) in [5.74, 6) is 0.813. The second-order valence-corrected chi connectivity index (χ2v) is 4.54. The molecule has 0 N–H and O–H groups in total. The molecule has 1 heterocycles. The Morgan fingerprint density at radius 3 is 2.62 bits per heavy atom. The van der Waals surface area contributed by atoms with Crippen LogP contribution in [0.25, 0.3) is 16.9 Å². The lowest BCUT2D eigenvalue weighted by atomic mass is 10.1. The molecule has 3 aromatic rings. The Balaban J connectivity index is 1.93. The summed E-state index contributed by atoms with van der Waals surface area (Å²) in [6.07, 6.45) is 1.90. The van der Waals surface area contributed by atoms with Crippen LogP contribution in [-0.2, 0) is 0 Å². The zero-order chi connectivity index (χ0) is 14.7. The largest absolute Gasteiger partial charge is 0.497 e. The Morgan fingerprint density at radius 2 is 1.90 bits per heavy atom. The van der Waals surface area contributed by atoms with Crippen molar-refractivity contribution in [1.29, 1.82) is 5.26 Å². The summed E-state index contributed by atoms with van der Waals surface area (Å²) in [5.41, 5.74) is 3.36. The fourth-order valence-electron chi connectivity index (χ4n) is 2.10. The topological polar surface area (TPSA) is 50.8 Å². The van der Waals surface area contributed by atoms with Crippen molar-refractivity contribution in [1.82, 2.24) is 9.78 Å². The first-order valence-electron chi connectivity index (χ1n) is 6.51. The molecule has 4 heteroatoms. The van der Waals surface area contributed by atoms with Crippen LogP contribution < -0.4 is 4.74 Å². The van der Waals surface area contributed by atoms with Gasteiger partial charge in [0.15, 0.2) is 0 Å². The minimum absolute atomic E-state index is 0.631. The smallest absolute Gasteiger partial charge is 0.119 e. The van der Waals surface area contributed by atoms with E-state index >= 15 is 0 Å². The van der Waals surface area contributed by atoms with Gasteiger partial charge in [-0.15, -0.1) is 0 Å². The van der Waals surface area contributed by atoms with Crippen molar-refractivity contribution in [3.05, 3.63) is 66.4 Å².